The molecule has 0 spiro atoms. The molecule has 0 unspecified atom stereocenters. The van der Waals surface area contributed by atoms with Crippen molar-refractivity contribution < 1.29 is 24.8 Å². The van der Waals surface area contributed by atoms with Crippen LogP contribution < -0.4 is 4.74 Å². The number of rotatable bonds is 6. The normalized spacial score (nSPS) is 22.5. The van der Waals surface area contributed by atoms with Crippen LogP contribution in [-0.4, -0.2) is 55.9 Å². The zero-order chi connectivity index (χ0) is 23.7. The number of aromatic nitrogens is 2. The minimum absolute atomic E-state index is 0.308. The Hall–Kier alpha value is -3.15. The fourth-order valence-corrected chi connectivity index (χ4v) is 4.17. The SMILES string of the molecule is C[C@H](O)c1nccn1[C@@H](C#Cc1ccc(-c2ccc(O[C@@H]3COC[C@H]3O)cc2)cc1)C1(O)CC1. The molecule has 0 amide bonds. The number of aliphatic hydroxyl groups excluding tert-OH is 2. The maximum atomic E-state index is 10.8. The van der Waals surface area contributed by atoms with Gasteiger partial charge in [-0.15, -0.1) is 0 Å². The van der Waals surface area contributed by atoms with Crippen molar-refractivity contribution in [3.8, 4) is 28.7 Å². The Morgan fingerprint density at radius 1 is 1.09 bits per heavy atom. The molecule has 7 heteroatoms. The average molecular weight is 461 g/mol. The van der Waals surface area contributed by atoms with Crippen molar-refractivity contribution in [2.24, 2.45) is 0 Å². The smallest absolute Gasteiger partial charge is 0.150 e. The summed E-state index contributed by atoms with van der Waals surface area (Å²) in [6, 6.07) is 15.2. The molecule has 5 rings (SSSR count). The summed E-state index contributed by atoms with van der Waals surface area (Å²) in [7, 11) is 0. The molecule has 4 atom stereocenters. The summed E-state index contributed by atoms with van der Waals surface area (Å²) < 4.78 is 12.8. The minimum Gasteiger partial charge on any atom is -0.485 e. The van der Waals surface area contributed by atoms with E-state index in [1.54, 1.807) is 23.9 Å². The van der Waals surface area contributed by atoms with E-state index in [1.807, 2.05) is 48.5 Å². The van der Waals surface area contributed by atoms with Gasteiger partial charge in [0.15, 0.2) is 0 Å². The zero-order valence-corrected chi connectivity index (χ0v) is 19.0. The topological polar surface area (TPSA) is 97.0 Å². The van der Waals surface area contributed by atoms with Crippen LogP contribution in [0.5, 0.6) is 5.75 Å². The van der Waals surface area contributed by atoms with E-state index in [9.17, 15) is 15.3 Å². The molecule has 1 aliphatic carbocycles. The lowest BCUT2D eigenvalue weighted by molar-refractivity contribution is 0.0733. The van der Waals surface area contributed by atoms with Gasteiger partial charge >= 0.3 is 0 Å². The number of ether oxygens (including phenoxy) is 2. The Bertz CT molecular complexity index is 1190. The second-order valence-electron chi connectivity index (χ2n) is 9.01. The summed E-state index contributed by atoms with van der Waals surface area (Å²) >= 11 is 0. The van der Waals surface area contributed by atoms with Crippen LogP contribution in [0.1, 0.15) is 43.3 Å². The first-order valence-corrected chi connectivity index (χ1v) is 11.5. The molecule has 2 fully saturated rings. The molecule has 0 radical (unpaired) electrons. The Labute approximate surface area is 198 Å². The lowest BCUT2D eigenvalue weighted by Crippen LogP contribution is -2.29. The van der Waals surface area contributed by atoms with Crippen LogP contribution in [0.2, 0.25) is 0 Å². The Kier molecular flexibility index (Phi) is 6.15. The van der Waals surface area contributed by atoms with Gasteiger partial charge in [-0.25, -0.2) is 4.98 Å². The number of hydrogen-bond acceptors (Lipinski definition) is 6. The molecule has 7 nitrogen and oxygen atoms in total. The van der Waals surface area contributed by atoms with Crippen molar-refractivity contribution in [2.45, 2.75) is 49.7 Å². The molecule has 0 bridgehead atoms. The van der Waals surface area contributed by atoms with Crippen molar-refractivity contribution in [2.75, 3.05) is 13.2 Å². The monoisotopic (exact) mass is 460 g/mol. The van der Waals surface area contributed by atoms with E-state index in [-0.39, 0.29) is 6.10 Å². The van der Waals surface area contributed by atoms with E-state index < -0.39 is 23.9 Å². The third-order valence-corrected chi connectivity index (χ3v) is 6.33. The third kappa shape index (κ3) is 4.72. The summed E-state index contributed by atoms with van der Waals surface area (Å²) in [4.78, 5) is 4.22. The van der Waals surface area contributed by atoms with Crippen molar-refractivity contribution in [1.29, 1.82) is 0 Å². The van der Waals surface area contributed by atoms with E-state index in [4.69, 9.17) is 9.47 Å². The van der Waals surface area contributed by atoms with Crippen LogP contribution in [0.25, 0.3) is 11.1 Å². The van der Waals surface area contributed by atoms with Crippen LogP contribution in [0.15, 0.2) is 60.9 Å². The van der Waals surface area contributed by atoms with E-state index in [0.717, 1.165) is 16.7 Å². The van der Waals surface area contributed by atoms with Crippen LogP contribution in [-0.2, 0) is 4.74 Å². The van der Waals surface area contributed by atoms with Crippen molar-refractivity contribution in [3.63, 3.8) is 0 Å². The summed E-state index contributed by atoms with van der Waals surface area (Å²) in [5.74, 6) is 7.58. The predicted octanol–water partition coefficient (Wildman–Crippen LogP) is 2.86. The van der Waals surface area contributed by atoms with Gasteiger partial charge in [0, 0.05) is 18.0 Å². The first-order valence-electron chi connectivity index (χ1n) is 11.5. The van der Waals surface area contributed by atoms with Crippen molar-refractivity contribution in [1.82, 2.24) is 9.55 Å². The van der Waals surface area contributed by atoms with Gasteiger partial charge in [-0.05, 0) is 55.2 Å². The van der Waals surface area contributed by atoms with Crippen LogP contribution in [0.4, 0.5) is 0 Å². The number of aliphatic hydroxyl groups is 3. The Morgan fingerprint density at radius 3 is 2.35 bits per heavy atom. The lowest BCUT2D eigenvalue weighted by atomic mass is 10.0. The lowest BCUT2D eigenvalue weighted by Gasteiger charge is -2.21. The molecule has 34 heavy (non-hydrogen) atoms. The molecule has 1 aliphatic heterocycles. The van der Waals surface area contributed by atoms with E-state index >= 15 is 0 Å². The fraction of sp³-hybridized carbons (Fsp3) is 0.370. The molecule has 3 N–H and O–H groups in total. The molecule has 1 saturated heterocycles. The maximum absolute atomic E-state index is 10.8. The number of hydrogen-bond donors (Lipinski definition) is 3. The van der Waals surface area contributed by atoms with Crippen LogP contribution in [0, 0.1) is 11.8 Å². The summed E-state index contributed by atoms with van der Waals surface area (Å²) in [5, 5.41) is 30.7. The Balaban J connectivity index is 1.30. The molecular formula is C27H28N2O5. The van der Waals surface area contributed by atoms with Gasteiger partial charge in [-0.1, -0.05) is 36.1 Å². The van der Waals surface area contributed by atoms with Crippen molar-refractivity contribution in [3.05, 3.63) is 72.3 Å². The van der Waals surface area contributed by atoms with Gasteiger partial charge in [0.1, 0.15) is 35.9 Å². The molecule has 1 saturated carbocycles. The van der Waals surface area contributed by atoms with Gasteiger partial charge in [0.2, 0.25) is 0 Å². The highest BCUT2D eigenvalue weighted by Gasteiger charge is 2.49. The first kappa shape index (κ1) is 22.6. The number of benzene rings is 2. The largest absolute Gasteiger partial charge is 0.485 e. The highest BCUT2D eigenvalue weighted by Crippen LogP contribution is 2.45. The molecule has 176 valence electrons. The third-order valence-electron chi connectivity index (χ3n) is 6.33. The molecule has 1 aromatic heterocycles. The fourth-order valence-electron chi connectivity index (χ4n) is 4.17. The first-order chi connectivity index (χ1) is 16.4. The van der Waals surface area contributed by atoms with Gasteiger partial charge in [0.25, 0.3) is 0 Å². The summed E-state index contributed by atoms with van der Waals surface area (Å²) in [6.45, 7) is 2.36. The van der Waals surface area contributed by atoms with Gasteiger partial charge < -0.3 is 29.4 Å². The summed E-state index contributed by atoms with van der Waals surface area (Å²) in [6.07, 6.45) is 3.06. The van der Waals surface area contributed by atoms with Crippen molar-refractivity contribution >= 4 is 0 Å². The highest BCUT2D eigenvalue weighted by atomic mass is 16.6. The number of imidazole rings is 1. The second-order valence-corrected chi connectivity index (χ2v) is 9.01. The van der Waals surface area contributed by atoms with Crippen LogP contribution >= 0.6 is 0 Å². The maximum Gasteiger partial charge on any atom is 0.150 e. The van der Waals surface area contributed by atoms with Gasteiger partial charge in [-0.2, -0.15) is 0 Å². The molecular weight excluding hydrogens is 432 g/mol. The average Bonchev–Trinajstić information content (AvgIpc) is 3.20. The van der Waals surface area contributed by atoms with E-state index in [0.29, 0.717) is 37.6 Å². The quantitative estimate of drug-likeness (QED) is 0.490. The molecule has 2 aliphatic rings. The summed E-state index contributed by atoms with van der Waals surface area (Å²) in [5.41, 5.74) is 2.04. The van der Waals surface area contributed by atoms with Gasteiger partial charge in [-0.3, -0.25) is 0 Å². The van der Waals surface area contributed by atoms with Gasteiger partial charge in [0.05, 0.1) is 18.8 Å². The second kappa shape index (κ2) is 9.24. The molecule has 2 aromatic carbocycles. The Morgan fingerprint density at radius 2 is 1.76 bits per heavy atom. The molecule has 2 heterocycles. The minimum atomic E-state index is -0.887. The standard InChI is InChI=1S/C27H28N2O5/c1-18(30)26-28-14-15-29(26)25(27(32)12-13-27)11-4-19-2-5-20(6-3-19)21-7-9-22(10-8-21)34-24-17-33-16-23(24)31/h2-3,5-10,14-15,18,23-25,30-32H,12-13,16-17H2,1H3/t18-,23+,24+,25-/m0/s1. The van der Waals surface area contributed by atoms with E-state index in [1.165, 1.54) is 0 Å². The zero-order valence-electron chi connectivity index (χ0n) is 19.0. The molecule has 3 aromatic rings. The predicted molar refractivity (Wildman–Crippen MR) is 126 cm³/mol. The van der Waals surface area contributed by atoms with Crippen LogP contribution in [0.3, 0.4) is 0 Å². The highest BCUT2D eigenvalue weighted by molar-refractivity contribution is 5.65. The van der Waals surface area contributed by atoms with E-state index in [2.05, 4.69) is 16.8 Å². The number of nitrogens with zero attached hydrogens (tertiary/aromatic N) is 2.